The summed E-state index contributed by atoms with van der Waals surface area (Å²) in [5, 5.41) is 0. The Bertz CT molecular complexity index is 732. The van der Waals surface area contributed by atoms with Gasteiger partial charge in [0.2, 0.25) is 0 Å². The lowest BCUT2D eigenvalue weighted by molar-refractivity contribution is -0.872. The molecule has 0 amide bonds. The Hall–Kier alpha value is -1.12. The van der Waals surface area contributed by atoms with Crippen molar-refractivity contribution in [1.29, 1.82) is 0 Å². The number of unbranched alkanes of at least 4 members (excludes halogenated alkanes) is 3. The number of allylic oxidation sites excluding steroid dienone is 2. The lowest BCUT2D eigenvalue weighted by atomic mass is 10.1. The summed E-state index contributed by atoms with van der Waals surface area (Å²) in [7, 11) is -13.4. The zero-order chi connectivity index (χ0) is 23.0. The van der Waals surface area contributed by atoms with Gasteiger partial charge >= 0.3 is 11.0 Å². The average Bonchev–Trinajstić information content (AvgIpc) is 2.57. The van der Waals surface area contributed by atoms with Crippen LogP contribution in [-0.4, -0.2) is 52.0 Å². The summed E-state index contributed by atoms with van der Waals surface area (Å²) in [4.78, 5) is 0. The van der Waals surface area contributed by atoms with E-state index >= 15 is 0 Å². The fourth-order valence-corrected chi connectivity index (χ4v) is 3.98. The number of hydrogen-bond donors (Lipinski definition) is 0. The van der Waals surface area contributed by atoms with E-state index in [0.29, 0.717) is 0 Å². The van der Waals surface area contributed by atoms with Crippen LogP contribution in [0.15, 0.2) is 24.4 Å². The topological polar surface area (TPSA) is 82.4 Å². The number of nitrogens with zero attached hydrogens (tertiary/aromatic N) is 2. The average molecular weight is 474 g/mol. The molecular weight excluding hydrogens is 450 g/mol. The highest BCUT2D eigenvalue weighted by molar-refractivity contribution is 8.13. The first-order chi connectivity index (χ1) is 13.0. The molecule has 0 aromatic rings. The molecule has 0 saturated carbocycles. The van der Waals surface area contributed by atoms with Gasteiger partial charge in [-0.15, -0.1) is 0 Å². The van der Waals surface area contributed by atoms with E-state index in [1.807, 2.05) is 0 Å². The number of likely N-dealkylation sites (N-methyl/N-ethyl adjacent to an activating group) is 1. The molecule has 1 aliphatic rings. The van der Waals surface area contributed by atoms with E-state index in [1.165, 1.54) is 49.8 Å². The third-order valence-corrected chi connectivity index (χ3v) is 6.73. The fraction of sp³-hybridized carbons (Fsp3) is 0.733. The van der Waals surface area contributed by atoms with Crippen LogP contribution in [0.4, 0.5) is 26.3 Å². The highest BCUT2D eigenvalue weighted by Crippen LogP contribution is 2.36. The molecule has 1 heterocycles. The van der Waals surface area contributed by atoms with Gasteiger partial charge in [-0.05, 0) is 31.9 Å². The number of alkyl halides is 6. The van der Waals surface area contributed by atoms with Crippen molar-refractivity contribution in [2.45, 2.75) is 50.5 Å². The van der Waals surface area contributed by atoms with E-state index in [1.54, 1.807) is 0 Å². The fourth-order valence-electron chi connectivity index (χ4n) is 2.27. The molecule has 0 radical (unpaired) electrons. The monoisotopic (exact) mass is 474 g/mol. The zero-order valence-corrected chi connectivity index (χ0v) is 17.5. The first-order valence-corrected chi connectivity index (χ1v) is 11.5. The molecule has 1 atom stereocenters. The lowest BCUT2D eigenvalue weighted by Gasteiger charge is -2.34. The van der Waals surface area contributed by atoms with Crippen molar-refractivity contribution < 1.29 is 47.7 Å². The lowest BCUT2D eigenvalue weighted by Crippen LogP contribution is -2.44. The van der Waals surface area contributed by atoms with Crippen LogP contribution in [0.25, 0.3) is 4.13 Å². The molecule has 0 aromatic heterocycles. The number of quaternary nitrogens is 1. The summed E-state index contributed by atoms with van der Waals surface area (Å²) in [6.07, 6.45) is 14.5. The molecule has 0 bridgehead atoms. The van der Waals surface area contributed by atoms with Gasteiger partial charge in [0.1, 0.15) is 6.54 Å². The van der Waals surface area contributed by atoms with E-state index in [4.69, 9.17) is 0 Å². The van der Waals surface area contributed by atoms with Crippen LogP contribution >= 0.6 is 0 Å². The summed E-state index contributed by atoms with van der Waals surface area (Å²) < 4.78 is 110. The van der Waals surface area contributed by atoms with Crippen LogP contribution in [-0.2, 0) is 20.0 Å². The molecular formula is C15H24F6N2O4S2. The molecule has 0 aliphatic carbocycles. The summed E-state index contributed by atoms with van der Waals surface area (Å²) in [6.45, 7) is 8.31. The molecule has 14 heteroatoms. The van der Waals surface area contributed by atoms with Crippen LogP contribution in [0.5, 0.6) is 0 Å². The van der Waals surface area contributed by atoms with Crippen molar-refractivity contribution >= 4 is 20.0 Å². The minimum atomic E-state index is -6.72. The van der Waals surface area contributed by atoms with Crippen molar-refractivity contribution in [2.75, 3.05) is 19.6 Å². The maximum Gasteiger partial charge on any atom is 0.480 e. The van der Waals surface area contributed by atoms with Gasteiger partial charge in [0.05, 0.1) is 19.3 Å². The van der Waals surface area contributed by atoms with Gasteiger partial charge in [0.15, 0.2) is 20.0 Å². The normalized spacial score (nSPS) is 20.3. The maximum atomic E-state index is 11.4. The smallest absolute Gasteiger partial charge is 0.421 e. The van der Waals surface area contributed by atoms with Gasteiger partial charge < -0.3 is 4.13 Å². The molecule has 172 valence electrons. The molecule has 29 heavy (non-hydrogen) atoms. The van der Waals surface area contributed by atoms with E-state index < -0.39 is 31.1 Å². The van der Waals surface area contributed by atoms with Crippen molar-refractivity contribution in [3.05, 3.63) is 28.6 Å². The molecule has 0 N–H and O–H groups in total. The Balaban J connectivity index is 0.000000541. The summed E-state index contributed by atoms with van der Waals surface area (Å²) in [5.41, 5.74) is -12.4. The molecule has 0 aromatic carbocycles. The first-order valence-electron chi connectivity index (χ1n) is 8.60. The second-order valence-corrected chi connectivity index (χ2v) is 9.61. The van der Waals surface area contributed by atoms with Gasteiger partial charge in [-0.1, -0.05) is 25.8 Å². The van der Waals surface area contributed by atoms with Crippen molar-refractivity contribution in [3.63, 3.8) is 0 Å². The quantitative estimate of drug-likeness (QED) is 0.294. The van der Waals surface area contributed by atoms with Gasteiger partial charge in [0.25, 0.3) is 0 Å². The molecule has 1 aliphatic heterocycles. The number of rotatable bonds is 8. The van der Waals surface area contributed by atoms with Crippen LogP contribution in [0.2, 0.25) is 0 Å². The maximum absolute atomic E-state index is 11.4. The molecule has 0 spiro atoms. The predicted molar refractivity (Wildman–Crippen MR) is 96.3 cm³/mol. The summed E-state index contributed by atoms with van der Waals surface area (Å²) in [6, 6.07) is 0. The molecule has 0 fully saturated rings. The van der Waals surface area contributed by atoms with Crippen LogP contribution in [0.3, 0.4) is 0 Å². The SMILES string of the molecule is CCCCCC[N+]1(CC)C=CC=CC1.O=S(=O)([N-]S(=O)(=O)C(F)(F)F)C(F)(F)F. The first kappa shape index (κ1) is 27.9. The zero-order valence-electron chi connectivity index (χ0n) is 15.9. The van der Waals surface area contributed by atoms with Gasteiger partial charge in [0, 0.05) is 0 Å². The summed E-state index contributed by atoms with van der Waals surface area (Å²) >= 11 is 0. The standard InChI is InChI=1S/C13H24N.C2F6NO4S2/c1-3-5-6-8-11-14(4-2)12-9-7-10-13-14;3-1(4,5)14(10,11)9-15(12,13)2(6,7)8/h7,9-10,12H,3-6,8,11,13H2,1-2H3;/q+1;-1. The Kier molecular flexibility index (Phi) is 10.4. The highest BCUT2D eigenvalue weighted by atomic mass is 32.3. The van der Waals surface area contributed by atoms with E-state index in [0.717, 1.165) is 4.13 Å². The molecule has 1 unspecified atom stereocenters. The van der Waals surface area contributed by atoms with Crippen LogP contribution < -0.4 is 0 Å². The van der Waals surface area contributed by atoms with Crippen molar-refractivity contribution in [2.24, 2.45) is 0 Å². The number of halogens is 6. The van der Waals surface area contributed by atoms with Crippen molar-refractivity contribution in [1.82, 2.24) is 0 Å². The third-order valence-electron chi connectivity index (χ3n) is 3.99. The molecule has 6 nitrogen and oxygen atoms in total. The van der Waals surface area contributed by atoms with E-state index in [9.17, 15) is 43.2 Å². The Morgan fingerprint density at radius 2 is 1.38 bits per heavy atom. The van der Waals surface area contributed by atoms with Crippen LogP contribution in [0.1, 0.15) is 39.5 Å². The second kappa shape index (κ2) is 10.8. The number of sulfonamides is 2. The van der Waals surface area contributed by atoms with Crippen molar-refractivity contribution in [3.8, 4) is 0 Å². The third kappa shape index (κ3) is 9.05. The minimum absolute atomic E-state index is 0.778. The largest absolute Gasteiger partial charge is 0.480 e. The second-order valence-electron chi connectivity index (χ2n) is 6.19. The Labute approximate surface area is 167 Å². The number of hydrogen-bond acceptors (Lipinski definition) is 4. The Morgan fingerprint density at radius 3 is 1.72 bits per heavy atom. The van der Waals surface area contributed by atoms with E-state index in [-0.39, 0.29) is 0 Å². The Morgan fingerprint density at radius 1 is 0.862 bits per heavy atom. The van der Waals surface area contributed by atoms with Gasteiger partial charge in [-0.2, -0.15) is 26.3 Å². The minimum Gasteiger partial charge on any atom is -0.421 e. The highest BCUT2D eigenvalue weighted by Gasteiger charge is 2.46. The predicted octanol–water partition coefficient (Wildman–Crippen LogP) is 4.55. The molecule has 0 saturated heterocycles. The van der Waals surface area contributed by atoms with E-state index in [2.05, 4.69) is 38.3 Å². The molecule has 1 rings (SSSR count). The van der Waals surface area contributed by atoms with Gasteiger partial charge in [-0.25, -0.2) is 16.8 Å². The van der Waals surface area contributed by atoms with Crippen LogP contribution in [0, 0.1) is 0 Å². The van der Waals surface area contributed by atoms with Gasteiger partial charge in [-0.3, -0.25) is 4.48 Å². The summed E-state index contributed by atoms with van der Waals surface area (Å²) in [5.74, 6) is 0.